The van der Waals surface area contributed by atoms with Crippen LogP contribution in [-0.4, -0.2) is 29.1 Å². The number of pyridine rings is 1. The molecule has 0 amide bonds. The molecule has 0 aliphatic carbocycles. The Bertz CT molecular complexity index is 407. The number of nitrogens with zero attached hydrogens (tertiary/aromatic N) is 2. The summed E-state index contributed by atoms with van der Waals surface area (Å²) in [7, 11) is 0. The number of aromatic nitrogens is 1. The first kappa shape index (κ1) is 13.8. The molecule has 4 nitrogen and oxygen atoms in total. The van der Waals surface area contributed by atoms with Gasteiger partial charge < -0.3 is 10.0 Å². The van der Waals surface area contributed by atoms with Crippen molar-refractivity contribution >= 4 is 23.4 Å². The van der Waals surface area contributed by atoms with E-state index in [0.717, 1.165) is 13.1 Å². The number of rotatable bonds is 5. The monoisotopic (exact) mass is 256 g/mol. The van der Waals surface area contributed by atoms with Gasteiger partial charge in [-0.05, 0) is 25.0 Å². The molecule has 5 heteroatoms. The quantitative estimate of drug-likeness (QED) is 0.880. The molecule has 0 fully saturated rings. The highest BCUT2D eigenvalue weighted by Crippen LogP contribution is 2.20. The van der Waals surface area contributed by atoms with Crippen LogP contribution < -0.4 is 4.90 Å². The van der Waals surface area contributed by atoms with Crippen molar-refractivity contribution in [1.82, 2.24) is 4.98 Å². The SMILES string of the molecule is CCN(CC(C)C)c1ccc(Cl)c(C(=O)O)n1. The number of hydrogen-bond acceptors (Lipinski definition) is 3. The predicted octanol–water partition coefficient (Wildman–Crippen LogP) is 2.92. The lowest BCUT2D eigenvalue weighted by Crippen LogP contribution is -2.28. The van der Waals surface area contributed by atoms with Gasteiger partial charge in [-0.1, -0.05) is 25.4 Å². The Hall–Kier alpha value is -1.29. The Kier molecular flexibility index (Phi) is 4.75. The lowest BCUT2D eigenvalue weighted by atomic mass is 10.2. The van der Waals surface area contributed by atoms with Gasteiger partial charge in [-0.3, -0.25) is 0 Å². The van der Waals surface area contributed by atoms with Crippen molar-refractivity contribution in [2.75, 3.05) is 18.0 Å². The van der Waals surface area contributed by atoms with Crippen molar-refractivity contribution in [3.05, 3.63) is 22.8 Å². The molecule has 1 N–H and O–H groups in total. The number of aromatic carboxylic acids is 1. The summed E-state index contributed by atoms with van der Waals surface area (Å²) in [4.78, 5) is 17.1. The summed E-state index contributed by atoms with van der Waals surface area (Å²) in [6.07, 6.45) is 0. The molecule has 1 rings (SSSR count). The van der Waals surface area contributed by atoms with Crippen molar-refractivity contribution in [3.63, 3.8) is 0 Å². The number of carboxylic acid groups (broad SMARTS) is 1. The van der Waals surface area contributed by atoms with Crippen LogP contribution in [0.5, 0.6) is 0 Å². The standard InChI is InChI=1S/C12H17ClN2O2/c1-4-15(7-8(2)3)10-6-5-9(13)11(14-10)12(16)17/h5-6,8H,4,7H2,1-3H3,(H,16,17). The first-order valence-corrected chi connectivity index (χ1v) is 5.98. The predicted molar refractivity (Wildman–Crippen MR) is 68.9 cm³/mol. The van der Waals surface area contributed by atoms with E-state index < -0.39 is 5.97 Å². The number of carboxylic acids is 1. The normalized spacial score (nSPS) is 10.6. The van der Waals surface area contributed by atoms with Gasteiger partial charge in [0.15, 0.2) is 5.69 Å². The molecule has 94 valence electrons. The summed E-state index contributed by atoms with van der Waals surface area (Å²) in [5.74, 6) is 0.0427. The third-order valence-corrected chi connectivity index (χ3v) is 2.63. The molecule has 0 saturated heterocycles. The van der Waals surface area contributed by atoms with Crippen LogP contribution >= 0.6 is 11.6 Å². The van der Waals surface area contributed by atoms with Crippen molar-refractivity contribution in [2.24, 2.45) is 5.92 Å². The topological polar surface area (TPSA) is 53.4 Å². The first-order chi connectivity index (χ1) is 7.95. The maximum atomic E-state index is 10.9. The molecule has 1 aromatic rings. The zero-order valence-electron chi connectivity index (χ0n) is 10.3. The van der Waals surface area contributed by atoms with E-state index in [1.807, 2.05) is 11.8 Å². The molecule has 0 aliphatic rings. The fourth-order valence-corrected chi connectivity index (χ4v) is 1.77. The lowest BCUT2D eigenvalue weighted by Gasteiger charge is -2.24. The molecule has 17 heavy (non-hydrogen) atoms. The van der Waals surface area contributed by atoms with Gasteiger partial charge in [0.05, 0.1) is 5.02 Å². The van der Waals surface area contributed by atoms with Gasteiger partial charge in [0.1, 0.15) is 5.82 Å². The molecule has 0 saturated carbocycles. The molecule has 0 aromatic carbocycles. The number of carbonyl (C=O) groups is 1. The molecule has 1 aromatic heterocycles. The van der Waals surface area contributed by atoms with Crippen molar-refractivity contribution in [1.29, 1.82) is 0 Å². The first-order valence-electron chi connectivity index (χ1n) is 5.60. The highest BCUT2D eigenvalue weighted by molar-refractivity contribution is 6.33. The Balaban J connectivity index is 3.04. The van der Waals surface area contributed by atoms with Gasteiger partial charge in [0.2, 0.25) is 0 Å². The second-order valence-corrected chi connectivity index (χ2v) is 4.64. The largest absolute Gasteiger partial charge is 0.476 e. The van der Waals surface area contributed by atoms with Gasteiger partial charge in [0.25, 0.3) is 0 Å². The molecule has 0 bridgehead atoms. The van der Waals surface area contributed by atoms with Crippen LogP contribution in [0, 0.1) is 5.92 Å². The molecule has 0 atom stereocenters. The van der Waals surface area contributed by atoms with Gasteiger partial charge in [-0.25, -0.2) is 9.78 Å². The summed E-state index contributed by atoms with van der Waals surface area (Å²) < 4.78 is 0. The average molecular weight is 257 g/mol. The smallest absolute Gasteiger partial charge is 0.356 e. The van der Waals surface area contributed by atoms with Crippen LogP contribution in [0.1, 0.15) is 31.3 Å². The number of hydrogen-bond donors (Lipinski definition) is 1. The van der Waals surface area contributed by atoms with E-state index in [1.165, 1.54) is 0 Å². The minimum absolute atomic E-state index is 0.0913. The minimum Gasteiger partial charge on any atom is -0.476 e. The number of anilines is 1. The maximum Gasteiger partial charge on any atom is 0.356 e. The fraction of sp³-hybridized carbons (Fsp3) is 0.500. The van der Waals surface area contributed by atoms with Crippen molar-refractivity contribution in [2.45, 2.75) is 20.8 Å². The number of halogens is 1. The third kappa shape index (κ3) is 3.60. The summed E-state index contributed by atoms with van der Waals surface area (Å²) in [6.45, 7) is 7.85. The summed E-state index contributed by atoms with van der Waals surface area (Å²) in [6, 6.07) is 3.33. The van der Waals surface area contributed by atoms with Gasteiger partial charge in [-0.2, -0.15) is 0 Å². The van der Waals surface area contributed by atoms with E-state index >= 15 is 0 Å². The van der Waals surface area contributed by atoms with Crippen LogP contribution in [0.4, 0.5) is 5.82 Å². The van der Waals surface area contributed by atoms with Crippen LogP contribution in [0.15, 0.2) is 12.1 Å². The van der Waals surface area contributed by atoms with Crippen LogP contribution in [0.25, 0.3) is 0 Å². The molecular weight excluding hydrogens is 240 g/mol. The third-order valence-electron chi connectivity index (χ3n) is 2.33. The lowest BCUT2D eigenvalue weighted by molar-refractivity contribution is 0.0691. The fourth-order valence-electron chi connectivity index (χ4n) is 1.58. The zero-order valence-corrected chi connectivity index (χ0v) is 11.0. The molecule has 1 heterocycles. The summed E-state index contributed by atoms with van der Waals surface area (Å²) in [5.41, 5.74) is -0.0913. The van der Waals surface area contributed by atoms with Gasteiger partial charge >= 0.3 is 5.97 Å². The average Bonchev–Trinajstić information content (AvgIpc) is 2.26. The van der Waals surface area contributed by atoms with Crippen molar-refractivity contribution in [3.8, 4) is 0 Å². The molecular formula is C12H17ClN2O2. The highest BCUT2D eigenvalue weighted by atomic mass is 35.5. The Morgan fingerprint density at radius 2 is 2.18 bits per heavy atom. The molecule has 0 unspecified atom stereocenters. The summed E-state index contributed by atoms with van der Waals surface area (Å²) >= 11 is 5.78. The molecule has 0 spiro atoms. The van der Waals surface area contributed by atoms with E-state index in [2.05, 4.69) is 18.8 Å². The second-order valence-electron chi connectivity index (χ2n) is 4.24. The van der Waals surface area contributed by atoms with Crippen LogP contribution in [0.2, 0.25) is 5.02 Å². The van der Waals surface area contributed by atoms with Crippen LogP contribution in [0.3, 0.4) is 0 Å². The second kappa shape index (κ2) is 5.87. The van der Waals surface area contributed by atoms with Gasteiger partial charge in [-0.15, -0.1) is 0 Å². The van der Waals surface area contributed by atoms with E-state index in [0.29, 0.717) is 11.7 Å². The van der Waals surface area contributed by atoms with Crippen molar-refractivity contribution < 1.29 is 9.90 Å². The van der Waals surface area contributed by atoms with E-state index in [-0.39, 0.29) is 10.7 Å². The Morgan fingerprint density at radius 3 is 2.65 bits per heavy atom. The molecule has 0 radical (unpaired) electrons. The van der Waals surface area contributed by atoms with Gasteiger partial charge in [0, 0.05) is 13.1 Å². The Morgan fingerprint density at radius 1 is 1.53 bits per heavy atom. The highest BCUT2D eigenvalue weighted by Gasteiger charge is 2.14. The minimum atomic E-state index is -1.10. The van der Waals surface area contributed by atoms with E-state index in [4.69, 9.17) is 16.7 Å². The zero-order chi connectivity index (χ0) is 13.0. The summed E-state index contributed by atoms with van der Waals surface area (Å²) in [5, 5.41) is 9.13. The molecule has 0 aliphatic heterocycles. The van der Waals surface area contributed by atoms with E-state index in [9.17, 15) is 4.79 Å². The van der Waals surface area contributed by atoms with Crippen LogP contribution in [-0.2, 0) is 0 Å². The van der Waals surface area contributed by atoms with E-state index in [1.54, 1.807) is 12.1 Å². The maximum absolute atomic E-state index is 10.9. The Labute approximate surface area is 106 Å².